The second-order valence-corrected chi connectivity index (χ2v) is 12.3. The Morgan fingerprint density at radius 2 is 1.27 bits per heavy atom. The molecule has 0 radical (unpaired) electrons. The van der Waals surface area contributed by atoms with Gasteiger partial charge in [0.25, 0.3) is 0 Å². The second kappa shape index (κ2) is 23.1. The topological polar surface area (TPSA) is 204 Å². The molecule has 0 spiro atoms. The molecule has 1 aliphatic rings. The quantitative estimate of drug-likeness (QED) is 0.0762. The van der Waals surface area contributed by atoms with Gasteiger partial charge in [-0.3, -0.25) is 19.2 Å². The summed E-state index contributed by atoms with van der Waals surface area (Å²) in [5.74, 6) is -3.36. The predicted octanol–water partition coefficient (Wildman–Crippen LogP) is 2.14. The van der Waals surface area contributed by atoms with Gasteiger partial charge in [0.05, 0.1) is 12.7 Å². The molecule has 8 atom stereocenters. The van der Waals surface area contributed by atoms with E-state index in [0.29, 0.717) is 6.42 Å². The van der Waals surface area contributed by atoms with Crippen LogP contribution in [-0.4, -0.2) is 101 Å². The zero-order valence-electron chi connectivity index (χ0n) is 27.7. The Bertz CT molecular complexity index is 876. The first kappa shape index (κ1) is 40.7. The van der Waals surface area contributed by atoms with E-state index in [1.807, 2.05) is 0 Å². The third-order valence-electron chi connectivity index (χ3n) is 8.33. The van der Waals surface area contributed by atoms with E-state index in [4.69, 9.17) is 14.6 Å². The highest BCUT2D eigenvalue weighted by molar-refractivity contribution is 5.92. The van der Waals surface area contributed by atoms with E-state index >= 15 is 0 Å². The molecule has 45 heavy (non-hydrogen) atoms. The number of unbranched alkanes of at least 4 members (excludes halogenated alkanes) is 11. The molecule has 0 aromatic heterocycles. The number of ether oxygens (including phenoxy) is 2. The van der Waals surface area contributed by atoms with E-state index in [1.54, 1.807) is 6.92 Å². The number of carboxylic acid groups (broad SMARTS) is 1. The van der Waals surface area contributed by atoms with Crippen molar-refractivity contribution in [1.29, 1.82) is 0 Å². The fourth-order valence-electron chi connectivity index (χ4n) is 5.24. The lowest BCUT2D eigenvalue weighted by Crippen LogP contribution is -2.59. The number of hydrogen-bond acceptors (Lipinski definition) is 9. The van der Waals surface area contributed by atoms with E-state index in [0.717, 1.165) is 19.3 Å². The lowest BCUT2D eigenvalue weighted by Gasteiger charge is -2.39. The first-order valence-corrected chi connectivity index (χ1v) is 16.8. The summed E-state index contributed by atoms with van der Waals surface area (Å²) in [5.41, 5.74) is 0. The molecule has 13 nitrogen and oxygen atoms in total. The first-order chi connectivity index (χ1) is 21.4. The lowest BCUT2D eigenvalue weighted by molar-refractivity contribution is -0.293. The van der Waals surface area contributed by atoms with Gasteiger partial charge < -0.3 is 45.9 Å². The van der Waals surface area contributed by atoms with Gasteiger partial charge in [-0.05, 0) is 19.8 Å². The summed E-state index contributed by atoms with van der Waals surface area (Å²) in [6.45, 7) is 4.98. The van der Waals surface area contributed by atoms with Crippen molar-refractivity contribution in [3.63, 3.8) is 0 Å². The van der Waals surface area contributed by atoms with Crippen LogP contribution >= 0.6 is 0 Å². The smallest absolute Gasteiger partial charge is 0.303 e. The minimum absolute atomic E-state index is 0.177. The number of amides is 3. The highest BCUT2D eigenvalue weighted by Crippen LogP contribution is 2.22. The van der Waals surface area contributed by atoms with Crippen molar-refractivity contribution in [2.75, 3.05) is 13.7 Å². The maximum atomic E-state index is 13.3. The Kier molecular flexibility index (Phi) is 20.9. The predicted molar refractivity (Wildman–Crippen MR) is 168 cm³/mol. The summed E-state index contributed by atoms with van der Waals surface area (Å²) in [6, 6.07) is -2.50. The van der Waals surface area contributed by atoms with E-state index in [-0.39, 0.29) is 12.8 Å². The number of likely N-dealkylation sites (N-methyl/N-ethyl adjacent to an activating group) is 1. The molecule has 1 heterocycles. The minimum atomic E-state index is -1.62. The molecule has 0 aromatic carbocycles. The molecule has 0 bridgehead atoms. The van der Waals surface area contributed by atoms with Gasteiger partial charge in [-0.25, -0.2) is 0 Å². The van der Waals surface area contributed by atoms with E-state index in [9.17, 15) is 34.5 Å². The van der Waals surface area contributed by atoms with Crippen LogP contribution in [0.15, 0.2) is 0 Å². The number of aliphatic carboxylic acids is 1. The van der Waals surface area contributed by atoms with Crippen LogP contribution in [0, 0.1) is 5.92 Å². The number of carbonyl (C=O) groups is 4. The molecule has 1 saturated heterocycles. The van der Waals surface area contributed by atoms with Crippen LogP contribution in [0.3, 0.4) is 0 Å². The van der Waals surface area contributed by atoms with Gasteiger partial charge in [-0.2, -0.15) is 0 Å². The van der Waals surface area contributed by atoms with Crippen LogP contribution in [-0.2, 0) is 28.7 Å². The number of aliphatic hydroxyl groups excluding tert-OH is 3. The maximum absolute atomic E-state index is 13.3. The van der Waals surface area contributed by atoms with Crippen LogP contribution in [0.1, 0.15) is 117 Å². The average molecular weight is 646 g/mol. The van der Waals surface area contributed by atoms with Crippen molar-refractivity contribution in [1.82, 2.24) is 16.0 Å². The lowest BCUT2D eigenvalue weighted by atomic mass is 10.00. The monoisotopic (exact) mass is 645 g/mol. The molecule has 13 heteroatoms. The molecule has 6 unspecified atom stereocenters. The normalized spacial score (nSPS) is 23.5. The molecule has 7 N–H and O–H groups in total. The van der Waals surface area contributed by atoms with Crippen molar-refractivity contribution in [3.05, 3.63) is 0 Å². The molecular formula is C32H59N3O10. The standard InChI is InChI=1S/C32H59N3O10/c1-5-6-7-8-9-10-11-12-13-14-15-16-17-21(2)29(41)35-24(20-44-32-28(40)27(39)26(38)22(3)45-32)31(43)34-23(30(42)33-4)18-19-25(36)37/h21-24,26-28,32,38-40H,5-20H2,1-4H3,(H,33,42)(H,34,43)(H,35,41)(H,36,37)/t21?,22?,23?,24?,26-,27?,28?,32-/m1/s1. The zero-order valence-corrected chi connectivity index (χ0v) is 27.7. The molecule has 0 aromatic rings. The number of hydrogen-bond donors (Lipinski definition) is 7. The van der Waals surface area contributed by atoms with Gasteiger partial charge in [0.2, 0.25) is 17.7 Å². The number of rotatable bonds is 24. The summed E-state index contributed by atoms with van der Waals surface area (Å²) < 4.78 is 11.0. The third-order valence-corrected chi connectivity index (χ3v) is 8.33. The SMILES string of the molecule is CCCCCCCCCCCCCCC(C)C(=O)NC(CO[C@@H]1OC(C)[C@@H](O)C(O)C1O)C(=O)NC(CCC(=O)O)C(=O)NC. The molecule has 1 rings (SSSR count). The third kappa shape index (κ3) is 16.2. The Balaban J connectivity index is 2.68. The van der Waals surface area contributed by atoms with Crippen LogP contribution in [0.25, 0.3) is 0 Å². The first-order valence-electron chi connectivity index (χ1n) is 16.8. The van der Waals surface area contributed by atoms with Crippen molar-refractivity contribution >= 4 is 23.7 Å². The van der Waals surface area contributed by atoms with Gasteiger partial charge in [0.1, 0.15) is 30.4 Å². The van der Waals surface area contributed by atoms with Gasteiger partial charge in [0, 0.05) is 19.4 Å². The van der Waals surface area contributed by atoms with E-state index < -0.39 is 79.0 Å². The van der Waals surface area contributed by atoms with E-state index in [2.05, 4.69) is 22.9 Å². The van der Waals surface area contributed by atoms with Gasteiger partial charge >= 0.3 is 5.97 Å². The fourth-order valence-corrected chi connectivity index (χ4v) is 5.24. The summed E-state index contributed by atoms with van der Waals surface area (Å²) >= 11 is 0. The highest BCUT2D eigenvalue weighted by Gasteiger charge is 2.43. The Hall–Kier alpha value is -2.32. The number of aliphatic hydroxyl groups is 3. The van der Waals surface area contributed by atoms with Gasteiger partial charge in [0.15, 0.2) is 6.29 Å². The summed E-state index contributed by atoms with van der Waals surface area (Å²) in [5, 5.41) is 46.9. The number of carbonyl (C=O) groups excluding carboxylic acids is 3. The molecule has 1 aliphatic heterocycles. The van der Waals surface area contributed by atoms with Crippen LogP contribution < -0.4 is 16.0 Å². The van der Waals surface area contributed by atoms with Crippen molar-refractivity contribution in [2.45, 2.75) is 160 Å². The summed E-state index contributed by atoms with van der Waals surface area (Å²) in [7, 11) is 1.35. The van der Waals surface area contributed by atoms with Crippen LogP contribution in [0.5, 0.6) is 0 Å². The van der Waals surface area contributed by atoms with Gasteiger partial charge in [-0.1, -0.05) is 90.9 Å². The largest absolute Gasteiger partial charge is 0.481 e. The molecule has 1 fully saturated rings. The van der Waals surface area contributed by atoms with Crippen molar-refractivity contribution in [2.24, 2.45) is 5.92 Å². The Labute approximate surface area is 268 Å². The van der Waals surface area contributed by atoms with E-state index in [1.165, 1.54) is 71.8 Å². The van der Waals surface area contributed by atoms with Crippen LogP contribution in [0.2, 0.25) is 0 Å². The average Bonchev–Trinajstić information content (AvgIpc) is 3.01. The van der Waals surface area contributed by atoms with Gasteiger partial charge in [-0.15, -0.1) is 0 Å². The molecule has 262 valence electrons. The molecule has 0 aliphatic carbocycles. The second-order valence-electron chi connectivity index (χ2n) is 12.3. The van der Waals surface area contributed by atoms with Crippen LogP contribution in [0.4, 0.5) is 0 Å². The maximum Gasteiger partial charge on any atom is 0.303 e. The summed E-state index contributed by atoms with van der Waals surface area (Å²) in [4.78, 5) is 49.7. The molecular weight excluding hydrogens is 586 g/mol. The molecule has 0 saturated carbocycles. The fraction of sp³-hybridized carbons (Fsp3) is 0.875. The zero-order chi connectivity index (χ0) is 33.8. The Morgan fingerprint density at radius 1 is 0.733 bits per heavy atom. The number of carboxylic acids is 1. The van der Waals surface area contributed by atoms with Crippen molar-refractivity contribution in [3.8, 4) is 0 Å². The summed E-state index contributed by atoms with van der Waals surface area (Å²) in [6.07, 6.45) is 7.72. The number of nitrogens with one attached hydrogen (secondary N) is 3. The van der Waals surface area contributed by atoms with Crippen molar-refractivity contribution < 1.29 is 49.1 Å². The Morgan fingerprint density at radius 3 is 1.80 bits per heavy atom. The highest BCUT2D eigenvalue weighted by atomic mass is 16.7. The molecule has 3 amide bonds. The minimum Gasteiger partial charge on any atom is -0.481 e.